The second-order valence-electron chi connectivity index (χ2n) is 4.74. The van der Waals surface area contributed by atoms with E-state index in [0.717, 1.165) is 27.8 Å². The molecular formula is C20H22N2O2S. The molecular weight excluding hydrogens is 332 g/mol. The summed E-state index contributed by atoms with van der Waals surface area (Å²) in [6.45, 7) is 2.00. The van der Waals surface area contributed by atoms with Gasteiger partial charge >= 0.3 is 0 Å². The summed E-state index contributed by atoms with van der Waals surface area (Å²) in [5.41, 5.74) is 12.7. The number of hydrogen-bond acceptors (Lipinski definition) is 5. The second kappa shape index (κ2) is 11.6. The molecule has 0 aliphatic carbocycles. The quantitative estimate of drug-likeness (QED) is 0.518. The minimum absolute atomic E-state index is 0.754. The number of anilines is 2. The summed E-state index contributed by atoms with van der Waals surface area (Å²) in [5, 5.41) is 0. The Morgan fingerprint density at radius 2 is 1.36 bits per heavy atom. The van der Waals surface area contributed by atoms with Gasteiger partial charge in [0.1, 0.15) is 18.3 Å². The Balaban J connectivity index is 0.000000290. The van der Waals surface area contributed by atoms with E-state index in [0.29, 0.717) is 0 Å². The molecule has 3 aromatic rings. The smallest absolute Gasteiger partial charge is 0.141 e. The van der Waals surface area contributed by atoms with Crippen LogP contribution in [0.3, 0.4) is 0 Å². The summed E-state index contributed by atoms with van der Waals surface area (Å²) in [5.74, 6) is 1.68. The van der Waals surface area contributed by atoms with Gasteiger partial charge in [0.2, 0.25) is 0 Å². The van der Waals surface area contributed by atoms with E-state index in [1.165, 1.54) is 0 Å². The summed E-state index contributed by atoms with van der Waals surface area (Å²) < 4.78 is 5.78. The lowest BCUT2D eigenvalue weighted by Gasteiger charge is -2.09. The first kappa shape index (κ1) is 20.1. The highest BCUT2D eigenvalue weighted by Crippen LogP contribution is 2.32. The maximum atomic E-state index is 8.00. The lowest BCUT2D eigenvalue weighted by atomic mass is 10.3. The molecule has 0 saturated heterocycles. The first-order valence-electron chi connectivity index (χ1n) is 7.45. The van der Waals surface area contributed by atoms with E-state index in [1.807, 2.05) is 91.9 Å². The van der Waals surface area contributed by atoms with Crippen molar-refractivity contribution in [3.05, 3.63) is 78.9 Å². The van der Waals surface area contributed by atoms with Gasteiger partial charge in [-0.2, -0.15) is 0 Å². The maximum absolute atomic E-state index is 8.00. The average molecular weight is 354 g/mol. The number of ether oxygens (including phenoxy) is 1. The molecule has 3 rings (SSSR count). The topological polar surface area (TPSA) is 78.3 Å². The number of carbonyl (C=O) groups is 1. The summed E-state index contributed by atoms with van der Waals surface area (Å²) in [7, 11) is 0. The predicted molar refractivity (Wildman–Crippen MR) is 107 cm³/mol. The van der Waals surface area contributed by atoms with Gasteiger partial charge in [-0.3, -0.25) is 0 Å². The Bertz CT molecular complexity index is 737. The fourth-order valence-corrected chi connectivity index (χ4v) is 2.40. The molecule has 0 atom stereocenters. The number of thioether (sulfide) groups is 1. The van der Waals surface area contributed by atoms with Crippen LogP contribution in [-0.4, -0.2) is 13.0 Å². The zero-order chi connectivity index (χ0) is 18.5. The van der Waals surface area contributed by atoms with Gasteiger partial charge in [0.05, 0.1) is 4.90 Å². The fourth-order valence-electron chi connectivity index (χ4n) is 1.84. The average Bonchev–Trinajstić information content (AvgIpc) is 2.67. The van der Waals surface area contributed by atoms with Crippen LogP contribution in [-0.2, 0) is 4.79 Å². The minimum Gasteiger partial charge on any atom is -0.456 e. The monoisotopic (exact) mass is 354 g/mol. The minimum atomic E-state index is 0.754. The van der Waals surface area contributed by atoms with Crippen molar-refractivity contribution in [1.82, 2.24) is 0 Å². The number of carbonyl (C=O) groups excluding carboxylic acids is 1. The van der Waals surface area contributed by atoms with Gasteiger partial charge in [-0.05, 0) is 48.7 Å². The molecule has 5 heteroatoms. The van der Waals surface area contributed by atoms with Crippen LogP contribution in [0.5, 0.6) is 11.5 Å². The molecule has 4 N–H and O–H groups in total. The number of benzene rings is 3. The van der Waals surface area contributed by atoms with Crippen molar-refractivity contribution in [2.75, 3.05) is 17.7 Å². The van der Waals surface area contributed by atoms with E-state index < -0.39 is 0 Å². The van der Waals surface area contributed by atoms with E-state index in [4.69, 9.17) is 21.0 Å². The van der Waals surface area contributed by atoms with Crippen molar-refractivity contribution in [3.8, 4) is 11.5 Å². The molecule has 0 fully saturated rings. The molecule has 4 nitrogen and oxygen atoms in total. The van der Waals surface area contributed by atoms with Crippen LogP contribution in [0.2, 0.25) is 0 Å². The number of rotatable bonds is 3. The first-order valence-corrected chi connectivity index (χ1v) is 8.67. The lowest BCUT2D eigenvalue weighted by Crippen LogP contribution is -1.89. The Morgan fingerprint density at radius 1 is 0.800 bits per heavy atom. The van der Waals surface area contributed by atoms with Gasteiger partial charge in [0.15, 0.2) is 0 Å². The third-order valence-corrected chi connectivity index (χ3v) is 3.72. The van der Waals surface area contributed by atoms with Gasteiger partial charge in [-0.1, -0.05) is 36.4 Å². The normalized spacial score (nSPS) is 9.00. The van der Waals surface area contributed by atoms with Crippen molar-refractivity contribution >= 4 is 29.9 Å². The zero-order valence-electron chi connectivity index (χ0n) is 14.1. The van der Waals surface area contributed by atoms with Crippen molar-refractivity contribution in [2.24, 2.45) is 0 Å². The summed E-state index contributed by atoms with van der Waals surface area (Å²) >= 11 is 1.62. The van der Waals surface area contributed by atoms with Crippen LogP contribution in [0, 0.1) is 0 Å². The van der Waals surface area contributed by atoms with E-state index in [9.17, 15) is 0 Å². The number of para-hydroxylation sites is 2. The molecule has 0 saturated carbocycles. The molecule has 0 unspecified atom stereocenters. The molecule has 130 valence electrons. The number of nitrogen functional groups attached to an aromatic ring is 2. The molecule has 0 aliphatic heterocycles. The molecule has 0 amide bonds. The fraction of sp³-hybridized carbons (Fsp3) is 0.0500. The van der Waals surface area contributed by atoms with Crippen molar-refractivity contribution < 1.29 is 9.53 Å². The Hall–Kier alpha value is -2.92. The number of nitrogens with two attached hydrogens (primary N) is 2. The van der Waals surface area contributed by atoms with Crippen molar-refractivity contribution in [1.29, 1.82) is 0 Å². The Labute approximate surface area is 152 Å². The number of hydrogen-bond donors (Lipinski definition) is 2. The first-order chi connectivity index (χ1) is 12.2. The van der Waals surface area contributed by atoms with Crippen LogP contribution < -0.4 is 16.2 Å². The summed E-state index contributed by atoms with van der Waals surface area (Å²) in [6.07, 6.45) is 2.01. The van der Waals surface area contributed by atoms with Gasteiger partial charge in [0, 0.05) is 11.4 Å². The molecule has 0 aromatic heterocycles. The largest absolute Gasteiger partial charge is 0.456 e. The van der Waals surface area contributed by atoms with E-state index >= 15 is 0 Å². The SMILES string of the molecule is C=O.CSc1cc(N)ccc1Oc1ccccc1.Nc1ccccc1. The van der Waals surface area contributed by atoms with Crippen LogP contribution >= 0.6 is 11.8 Å². The standard InChI is InChI=1S/C13H13NOS.C6H7N.CH2O/c1-16-13-9-10(14)7-8-12(13)15-11-5-3-2-4-6-11;7-6-4-2-1-3-5-6;1-2/h2-9H,14H2,1H3;1-5H,7H2;1H2. The van der Waals surface area contributed by atoms with E-state index in [2.05, 4.69) is 0 Å². The highest BCUT2D eigenvalue weighted by atomic mass is 32.2. The summed E-state index contributed by atoms with van der Waals surface area (Å²) in [4.78, 5) is 9.05. The molecule has 0 aliphatic rings. The van der Waals surface area contributed by atoms with Crippen LogP contribution in [0.15, 0.2) is 83.8 Å². The highest BCUT2D eigenvalue weighted by Gasteiger charge is 2.04. The summed E-state index contributed by atoms with van der Waals surface area (Å²) in [6, 6.07) is 24.9. The van der Waals surface area contributed by atoms with E-state index in [-0.39, 0.29) is 0 Å². The molecule has 25 heavy (non-hydrogen) atoms. The molecule has 0 bridgehead atoms. The third kappa shape index (κ3) is 7.46. The molecule has 0 heterocycles. The van der Waals surface area contributed by atoms with Crippen molar-refractivity contribution in [2.45, 2.75) is 4.90 Å². The highest BCUT2D eigenvalue weighted by molar-refractivity contribution is 7.98. The lowest BCUT2D eigenvalue weighted by molar-refractivity contribution is -0.0979. The van der Waals surface area contributed by atoms with Gasteiger partial charge in [-0.15, -0.1) is 11.8 Å². The third-order valence-electron chi connectivity index (χ3n) is 2.96. The van der Waals surface area contributed by atoms with E-state index in [1.54, 1.807) is 11.8 Å². The molecule has 0 spiro atoms. The predicted octanol–water partition coefficient (Wildman–Crippen LogP) is 4.87. The molecule has 0 radical (unpaired) electrons. The van der Waals surface area contributed by atoms with Gasteiger partial charge < -0.3 is 21.0 Å². The van der Waals surface area contributed by atoms with Gasteiger partial charge in [-0.25, -0.2) is 0 Å². The Kier molecular flexibility index (Phi) is 9.33. The zero-order valence-corrected chi connectivity index (χ0v) is 14.9. The maximum Gasteiger partial charge on any atom is 0.141 e. The van der Waals surface area contributed by atoms with Crippen LogP contribution in [0.1, 0.15) is 0 Å². The Morgan fingerprint density at radius 3 is 1.84 bits per heavy atom. The molecule has 3 aromatic carbocycles. The van der Waals surface area contributed by atoms with Crippen LogP contribution in [0.25, 0.3) is 0 Å². The second-order valence-corrected chi connectivity index (χ2v) is 5.58. The van der Waals surface area contributed by atoms with Gasteiger partial charge in [0.25, 0.3) is 0 Å². The van der Waals surface area contributed by atoms with Crippen molar-refractivity contribution in [3.63, 3.8) is 0 Å². The van der Waals surface area contributed by atoms with Crippen LogP contribution in [0.4, 0.5) is 11.4 Å².